The molecule has 2 atom stereocenters. The number of hydrogen-bond donors (Lipinski definition) is 2. The lowest BCUT2D eigenvalue weighted by Gasteiger charge is -2.39. The Morgan fingerprint density at radius 2 is 1.87 bits per heavy atom. The van der Waals surface area contributed by atoms with Crippen LogP contribution in [-0.4, -0.2) is 27.6 Å². The molecule has 2 aliphatic rings. The van der Waals surface area contributed by atoms with E-state index in [0.29, 0.717) is 11.5 Å². The number of benzene rings is 1. The maximum Gasteiger partial charge on any atom is 0.251 e. The van der Waals surface area contributed by atoms with Crippen LogP contribution in [0.25, 0.3) is 0 Å². The summed E-state index contributed by atoms with van der Waals surface area (Å²) in [5, 5.41) is 11.0. The number of carbonyl (C=O) groups excluding carboxylic acids is 2. The van der Waals surface area contributed by atoms with Gasteiger partial charge in [0.1, 0.15) is 11.9 Å². The zero-order valence-electron chi connectivity index (χ0n) is 19.3. The Morgan fingerprint density at radius 3 is 2.52 bits per heavy atom. The third-order valence-electron chi connectivity index (χ3n) is 6.68. The highest BCUT2D eigenvalue weighted by Crippen LogP contribution is 2.45. The van der Waals surface area contributed by atoms with E-state index < -0.39 is 6.04 Å². The first-order chi connectivity index (χ1) is 14.7. The van der Waals surface area contributed by atoms with Crippen LogP contribution in [0.3, 0.4) is 0 Å². The van der Waals surface area contributed by atoms with Crippen molar-refractivity contribution in [1.82, 2.24) is 15.1 Å². The molecule has 1 saturated carbocycles. The van der Waals surface area contributed by atoms with Crippen molar-refractivity contribution in [2.24, 2.45) is 5.92 Å². The van der Waals surface area contributed by atoms with E-state index in [-0.39, 0.29) is 23.3 Å². The second-order valence-corrected chi connectivity index (χ2v) is 10.2. The number of anilines is 1. The van der Waals surface area contributed by atoms with Crippen LogP contribution in [0, 0.1) is 19.8 Å². The number of nitrogens with one attached hydrogen (secondary N) is 2. The monoisotopic (exact) mass is 422 g/mol. The van der Waals surface area contributed by atoms with Crippen molar-refractivity contribution in [2.45, 2.75) is 84.2 Å². The lowest BCUT2D eigenvalue weighted by Crippen LogP contribution is -2.52. The van der Waals surface area contributed by atoms with Crippen LogP contribution >= 0.6 is 0 Å². The minimum Gasteiger partial charge on any atom is -0.340 e. The molecule has 1 aliphatic carbocycles. The van der Waals surface area contributed by atoms with E-state index in [1.54, 1.807) is 6.07 Å². The molecule has 31 heavy (non-hydrogen) atoms. The molecule has 0 spiro atoms. The fourth-order valence-electron chi connectivity index (χ4n) is 5.24. The molecule has 6 heteroatoms. The van der Waals surface area contributed by atoms with E-state index in [4.69, 9.17) is 5.10 Å². The van der Waals surface area contributed by atoms with Gasteiger partial charge in [-0.25, -0.2) is 4.68 Å². The molecule has 0 radical (unpaired) electrons. The normalized spacial score (nSPS) is 22.0. The van der Waals surface area contributed by atoms with Gasteiger partial charge in [0.25, 0.3) is 5.91 Å². The summed E-state index contributed by atoms with van der Waals surface area (Å²) in [4.78, 5) is 26.5. The Balaban J connectivity index is 1.75. The summed E-state index contributed by atoms with van der Waals surface area (Å²) in [5.41, 5.74) is 3.39. The maximum absolute atomic E-state index is 13.4. The number of fused-ring (bicyclic) bond motifs is 1. The highest BCUT2D eigenvalue weighted by Gasteiger charge is 2.45. The van der Waals surface area contributed by atoms with E-state index in [2.05, 4.69) is 31.4 Å². The summed E-state index contributed by atoms with van der Waals surface area (Å²) in [6, 6.07) is 6.90. The first-order valence-corrected chi connectivity index (χ1v) is 11.4. The van der Waals surface area contributed by atoms with Crippen LogP contribution in [0.4, 0.5) is 5.82 Å². The van der Waals surface area contributed by atoms with Gasteiger partial charge in [0.05, 0.1) is 11.2 Å². The van der Waals surface area contributed by atoms with Crippen LogP contribution in [0.5, 0.6) is 0 Å². The van der Waals surface area contributed by atoms with Crippen molar-refractivity contribution in [2.75, 3.05) is 5.32 Å². The number of rotatable bonds is 3. The predicted molar refractivity (Wildman–Crippen MR) is 122 cm³/mol. The maximum atomic E-state index is 13.4. The summed E-state index contributed by atoms with van der Waals surface area (Å²) in [7, 11) is 0. The standard InChI is InChI=1S/C25H34N4O2/c1-15-10-9-13-18(14-15)23(30)26-21-20(17-11-7-6-8-12-17)19-16(2)28-29(25(3,4)5)22(19)27-24(21)31/h9-10,13-14,17,20-21H,6-8,11-12H2,1-5H3,(H,26,30)(H,27,31)/t20?,21-/m0/s1. The van der Waals surface area contributed by atoms with Crippen molar-refractivity contribution in [3.63, 3.8) is 0 Å². The van der Waals surface area contributed by atoms with Crippen LogP contribution in [0.2, 0.25) is 0 Å². The lowest BCUT2D eigenvalue weighted by molar-refractivity contribution is -0.119. The number of amides is 2. The number of aryl methyl sites for hydroxylation is 2. The minimum atomic E-state index is -0.597. The fourth-order valence-corrected chi connectivity index (χ4v) is 5.24. The fraction of sp³-hybridized carbons (Fsp3) is 0.560. The SMILES string of the molecule is Cc1cccc(C(=O)N[C@@H]2C(=O)Nc3c(c(C)nn3C(C)(C)C)C2C2CCCCC2)c1. The Bertz CT molecular complexity index is 995. The summed E-state index contributed by atoms with van der Waals surface area (Å²) in [6.45, 7) is 10.3. The summed E-state index contributed by atoms with van der Waals surface area (Å²) in [6.07, 6.45) is 5.73. The summed E-state index contributed by atoms with van der Waals surface area (Å²) >= 11 is 0. The van der Waals surface area contributed by atoms with E-state index in [1.807, 2.05) is 36.7 Å². The van der Waals surface area contributed by atoms with E-state index in [9.17, 15) is 9.59 Å². The molecule has 2 aromatic rings. The third kappa shape index (κ3) is 4.12. The lowest BCUT2D eigenvalue weighted by atomic mass is 9.71. The van der Waals surface area contributed by atoms with Gasteiger partial charge in [0.2, 0.25) is 5.91 Å². The number of aromatic nitrogens is 2. The molecule has 1 aromatic heterocycles. The first-order valence-electron chi connectivity index (χ1n) is 11.4. The van der Waals surface area contributed by atoms with Gasteiger partial charge in [0, 0.05) is 17.0 Å². The van der Waals surface area contributed by atoms with E-state index in [1.165, 1.54) is 19.3 Å². The van der Waals surface area contributed by atoms with Crippen LogP contribution in [-0.2, 0) is 10.3 Å². The molecule has 0 saturated heterocycles. The van der Waals surface area contributed by atoms with Gasteiger partial charge in [0.15, 0.2) is 0 Å². The highest BCUT2D eigenvalue weighted by molar-refractivity contribution is 6.03. The van der Waals surface area contributed by atoms with Gasteiger partial charge in [-0.05, 0) is 65.5 Å². The molecule has 2 N–H and O–H groups in total. The quantitative estimate of drug-likeness (QED) is 0.755. The van der Waals surface area contributed by atoms with Crippen molar-refractivity contribution >= 4 is 17.6 Å². The van der Waals surface area contributed by atoms with Crippen molar-refractivity contribution in [3.8, 4) is 0 Å². The molecule has 1 fully saturated rings. The summed E-state index contributed by atoms with van der Waals surface area (Å²) < 4.78 is 1.93. The van der Waals surface area contributed by atoms with Crippen LogP contribution < -0.4 is 10.6 Å². The highest BCUT2D eigenvalue weighted by atomic mass is 16.2. The van der Waals surface area contributed by atoms with Crippen LogP contribution in [0.1, 0.15) is 86.0 Å². The smallest absolute Gasteiger partial charge is 0.251 e. The Hall–Kier alpha value is -2.63. The van der Waals surface area contributed by atoms with Crippen molar-refractivity contribution in [3.05, 3.63) is 46.6 Å². The molecular weight excluding hydrogens is 388 g/mol. The number of hydrogen-bond acceptors (Lipinski definition) is 3. The molecule has 6 nitrogen and oxygen atoms in total. The van der Waals surface area contributed by atoms with Crippen molar-refractivity contribution < 1.29 is 9.59 Å². The largest absolute Gasteiger partial charge is 0.340 e. The number of carbonyl (C=O) groups is 2. The Morgan fingerprint density at radius 1 is 1.16 bits per heavy atom. The average Bonchev–Trinajstić information content (AvgIpc) is 3.05. The Labute approximate surface area is 184 Å². The molecule has 0 bridgehead atoms. The molecule has 1 aromatic carbocycles. The molecule has 2 heterocycles. The first kappa shape index (κ1) is 21.6. The predicted octanol–water partition coefficient (Wildman–Crippen LogP) is 4.67. The molecule has 4 rings (SSSR count). The zero-order chi connectivity index (χ0) is 22.3. The average molecular weight is 423 g/mol. The molecule has 1 unspecified atom stereocenters. The Kier molecular flexibility index (Phi) is 5.67. The molecular formula is C25H34N4O2. The third-order valence-corrected chi connectivity index (χ3v) is 6.68. The van der Waals surface area contributed by atoms with Gasteiger partial charge in [-0.1, -0.05) is 37.0 Å². The van der Waals surface area contributed by atoms with Gasteiger partial charge >= 0.3 is 0 Å². The van der Waals surface area contributed by atoms with E-state index >= 15 is 0 Å². The van der Waals surface area contributed by atoms with Gasteiger partial charge in [-0.15, -0.1) is 0 Å². The van der Waals surface area contributed by atoms with Gasteiger partial charge < -0.3 is 10.6 Å². The van der Waals surface area contributed by atoms with Crippen LogP contribution in [0.15, 0.2) is 24.3 Å². The number of nitrogens with zero attached hydrogens (tertiary/aromatic N) is 2. The summed E-state index contributed by atoms with van der Waals surface area (Å²) in [5.74, 6) is 0.752. The molecule has 166 valence electrons. The van der Waals surface area contributed by atoms with Crippen molar-refractivity contribution in [1.29, 1.82) is 0 Å². The zero-order valence-corrected chi connectivity index (χ0v) is 19.3. The topological polar surface area (TPSA) is 76.0 Å². The second kappa shape index (κ2) is 8.13. The van der Waals surface area contributed by atoms with Gasteiger partial charge in [-0.3, -0.25) is 9.59 Å². The molecule has 1 aliphatic heterocycles. The second-order valence-electron chi connectivity index (χ2n) is 10.2. The minimum absolute atomic E-state index is 0.0612. The van der Waals surface area contributed by atoms with Gasteiger partial charge in [-0.2, -0.15) is 5.10 Å². The van der Waals surface area contributed by atoms with E-state index in [0.717, 1.165) is 35.5 Å². The molecule has 2 amide bonds.